The number of hydrogen-bond acceptors (Lipinski definition) is 8. The molecule has 2 atom stereocenters. The summed E-state index contributed by atoms with van der Waals surface area (Å²) in [5, 5.41) is 21.1. The van der Waals surface area contributed by atoms with Crippen molar-refractivity contribution < 1.29 is 19.7 Å². The molecule has 8 nitrogen and oxygen atoms in total. The van der Waals surface area contributed by atoms with Gasteiger partial charge < -0.3 is 19.7 Å². The van der Waals surface area contributed by atoms with E-state index in [0.29, 0.717) is 24.6 Å². The molecular formula is C38H50N4O4. The Morgan fingerprint density at radius 3 is 1.22 bits per heavy atom. The van der Waals surface area contributed by atoms with Crippen LogP contribution in [0.3, 0.4) is 0 Å². The number of aliphatic hydroxyl groups is 2. The lowest BCUT2D eigenvalue weighted by atomic mass is 10.2. The van der Waals surface area contributed by atoms with E-state index in [2.05, 4.69) is 92.4 Å². The Morgan fingerprint density at radius 1 is 0.500 bits per heavy atom. The highest BCUT2D eigenvalue weighted by Crippen LogP contribution is 2.18. The normalized spacial score (nSPS) is 18.7. The van der Waals surface area contributed by atoms with E-state index in [1.54, 1.807) is 0 Å². The molecule has 2 N–H and O–H groups in total. The highest BCUT2D eigenvalue weighted by Gasteiger charge is 2.20. The summed E-state index contributed by atoms with van der Waals surface area (Å²) in [7, 11) is 0. The van der Waals surface area contributed by atoms with Crippen LogP contribution in [0.4, 0.5) is 0 Å². The van der Waals surface area contributed by atoms with Gasteiger partial charge in [0.25, 0.3) is 0 Å². The molecule has 246 valence electrons. The molecule has 2 aliphatic rings. The lowest BCUT2D eigenvalue weighted by Gasteiger charge is -2.35. The molecule has 0 amide bonds. The van der Waals surface area contributed by atoms with Crippen molar-refractivity contribution in [1.82, 2.24) is 19.6 Å². The molecule has 2 saturated heterocycles. The highest BCUT2D eigenvalue weighted by atomic mass is 16.5. The second-order valence-corrected chi connectivity index (χ2v) is 12.2. The van der Waals surface area contributed by atoms with Crippen LogP contribution in [0.2, 0.25) is 0 Å². The van der Waals surface area contributed by atoms with Crippen LogP contribution in [0, 0.1) is 0 Å². The summed E-state index contributed by atoms with van der Waals surface area (Å²) < 4.78 is 11.7. The number of β-amino-alcohol motifs (C(OH)–C–C–N with tert-alkyl or cyclic N) is 2. The summed E-state index contributed by atoms with van der Waals surface area (Å²) in [6.45, 7) is 11.3. The molecule has 0 radical (unpaired) electrons. The third kappa shape index (κ3) is 12.0. The van der Waals surface area contributed by atoms with Gasteiger partial charge in [0.05, 0.1) is 0 Å². The minimum absolute atomic E-state index is 0.246. The third-order valence-corrected chi connectivity index (χ3v) is 8.52. The first-order valence-corrected chi connectivity index (χ1v) is 16.6. The Bertz CT molecular complexity index is 1200. The van der Waals surface area contributed by atoms with Gasteiger partial charge in [-0.3, -0.25) is 19.6 Å². The summed E-state index contributed by atoms with van der Waals surface area (Å²) in [6, 6.07) is 28.2. The third-order valence-electron chi connectivity index (χ3n) is 8.52. The Hall–Kier alpha value is -3.50. The van der Waals surface area contributed by atoms with E-state index in [9.17, 15) is 10.2 Å². The van der Waals surface area contributed by atoms with Crippen molar-refractivity contribution >= 4 is 12.2 Å². The highest BCUT2D eigenvalue weighted by molar-refractivity contribution is 5.49. The van der Waals surface area contributed by atoms with Gasteiger partial charge in [0.1, 0.15) is 36.9 Å². The number of aliphatic hydroxyl groups excluding tert-OH is 2. The molecule has 3 aromatic rings. The van der Waals surface area contributed by atoms with Crippen molar-refractivity contribution in [2.75, 3.05) is 91.8 Å². The zero-order chi connectivity index (χ0) is 31.8. The topological polar surface area (TPSA) is 71.9 Å². The number of benzene rings is 3. The van der Waals surface area contributed by atoms with Crippen LogP contribution in [0.25, 0.3) is 12.2 Å². The first-order chi connectivity index (χ1) is 22.6. The van der Waals surface area contributed by atoms with E-state index in [1.807, 2.05) is 36.4 Å². The molecule has 2 fully saturated rings. The second kappa shape index (κ2) is 18.6. The number of ether oxygens (including phenoxy) is 2. The average Bonchev–Trinajstić information content (AvgIpc) is 3.09. The molecule has 5 rings (SSSR count). The largest absolute Gasteiger partial charge is 0.491 e. The molecule has 2 heterocycles. The molecule has 0 aliphatic carbocycles. The van der Waals surface area contributed by atoms with Crippen LogP contribution >= 0.6 is 0 Å². The number of hydrogen-bond donors (Lipinski definition) is 2. The van der Waals surface area contributed by atoms with Gasteiger partial charge in [-0.05, 0) is 35.4 Å². The van der Waals surface area contributed by atoms with Gasteiger partial charge in [-0.2, -0.15) is 0 Å². The van der Waals surface area contributed by atoms with Crippen molar-refractivity contribution in [3.63, 3.8) is 0 Å². The van der Waals surface area contributed by atoms with Crippen LogP contribution in [0.5, 0.6) is 11.5 Å². The van der Waals surface area contributed by atoms with Crippen LogP contribution in [0.15, 0.2) is 97.1 Å². The number of rotatable bonds is 16. The Kier molecular flexibility index (Phi) is 13.7. The minimum Gasteiger partial charge on any atom is -0.491 e. The molecule has 3 aromatic carbocycles. The molecule has 46 heavy (non-hydrogen) atoms. The molecule has 0 aromatic heterocycles. The van der Waals surface area contributed by atoms with Crippen LogP contribution in [-0.2, 0) is 0 Å². The second-order valence-electron chi connectivity index (χ2n) is 12.2. The van der Waals surface area contributed by atoms with E-state index in [1.165, 1.54) is 11.1 Å². The van der Waals surface area contributed by atoms with Gasteiger partial charge in [-0.1, -0.05) is 85.0 Å². The van der Waals surface area contributed by atoms with E-state index in [4.69, 9.17) is 9.47 Å². The molecule has 0 saturated carbocycles. The maximum Gasteiger partial charge on any atom is 0.119 e. The van der Waals surface area contributed by atoms with Gasteiger partial charge in [0.2, 0.25) is 0 Å². The zero-order valence-corrected chi connectivity index (χ0v) is 26.9. The van der Waals surface area contributed by atoms with E-state index >= 15 is 0 Å². The van der Waals surface area contributed by atoms with Crippen molar-refractivity contribution in [1.29, 1.82) is 0 Å². The van der Waals surface area contributed by atoms with Crippen LogP contribution in [0.1, 0.15) is 11.1 Å². The Labute approximate surface area is 274 Å². The SMILES string of the molecule is O[C@H](COc1ccc(OC[C@H](O)CN2CCN(C/C=C/c3ccccc3)CC2)cc1)CN1CCN(C/C=C/c2ccccc2)CC1. The first-order valence-electron chi connectivity index (χ1n) is 16.6. The van der Waals surface area contributed by atoms with Crippen LogP contribution in [-0.4, -0.2) is 134 Å². The lowest BCUT2D eigenvalue weighted by Crippen LogP contribution is -2.49. The van der Waals surface area contributed by atoms with E-state index in [-0.39, 0.29) is 13.2 Å². The fraction of sp³-hybridized carbons (Fsp3) is 0.421. The molecule has 0 unspecified atom stereocenters. The average molecular weight is 627 g/mol. The molecule has 0 bridgehead atoms. The van der Waals surface area contributed by atoms with Gasteiger partial charge in [-0.15, -0.1) is 0 Å². The van der Waals surface area contributed by atoms with Crippen molar-refractivity contribution in [2.45, 2.75) is 12.2 Å². The quantitative estimate of drug-likeness (QED) is 0.249. The smallest absolute Gasteiger partial charge is 0.119 e. The Morgan fingerprint density at radius 2 is 0.848 bits per heavy atom. The predicted octanol–water partition coefficient (Wildman–Crippen LogP) is 3.83. The van der Waals surface area contributed by atoms with Crippen molar-refractivity contribution in [2.24, 2.45) is 0 Å². The number of piperazine rings is 2. The molecular weight excluding hydrogens is 576 g/mol. The first kappa shape index (κ1) is 33.9. The lowest BCUT2D eigenvalue weighted by molar-refractivity contribution is 0.0472. The van der Waals surface area contributed by atoms with Gasteiger partial charge in [0, 0.05) is 78.5 Å². The molecule has 0 spiro atoms. The predicted molar refractivity (Wildman–Crippen MR) is 186 cm³/mol. The zero-order valence-electron chi connectivity index (χ0n) is 26.9. The maximum absolute atomic E-state index is 10.6. The Balaban J connectivity index is 0.906. The summed E-state index contributed by atoms with van der Waals surface area (Å²) >= 11 is 0. The molecule has 8 heteroatoms. The maximum atomic E-state index is 10.6. The van der Waals surface area contributed by atoms with Crippen LogP contribution < -0.4 is 9.47 Å². The fourth-order valence-corrected chi connectivity index (χ4v) is 5.83. The van der Waals surface area contributed by atoms with E-state index < -0.39 is 12.2 Å². The summed E-state index contributed by atoms with van der Waals surface area (Å²) in [6.07, 6.45) is 7.69. The van der Waals surface area contributed by atoms with Gasteiger partial charge in [-0.25, -0.2) is 0 Å². The minimum atomic E-state index is -0.553. The van der Waals surface area contributed by atoms with E-state index in [0.717, 1.165) is 65.4 Å². The van der Waals surface area contributed by atoms with Crippen molar-refractivity contribution in [3.8, 4) is 11.5 Å². The van der Waals surface area contributed by atoms with Gasteiger partial charge in [0.15, 0.2) is 0 Å². The summed E-state index contributed by atoms with van der Waals surface area (Å²) in [4.78, 5) is 9.49. The van der Waals surface area contributed by atoms with Gasteiger partial charge >= 0.3 is 0 Å². The monoisotopic (exact) mass is 626 g/mol. The molecule has 2 aliphatic heterocycles. The standard InChI is InChI=1S/C38H50N4O4/c43-35(29-41-25-21-39(22-26-41)19-7-13-33-9-3-1-4-10-33)31-45-37-15-17-38(18-16-37)46-32-36(44)30-42-27-23-40(24-28-42)20-8-14-34-11-5-2-6-12-34/h1-18,35-36,43-44H,19-32H2/b13-7+,14-8+/t35-,36+. The fourth-order valence-electron chi connectivity index (χ4n) is 5.83. The summed E-state index contributed by atoms with van der Waals surface area (Å²) in [5.41, 5.74) is 2.45. The van der Waals surface area contributed by atoms with Crippen molar-refractivity contribution in [3.05, 3.63) is 108 Å². The number of nitrogens with zero attached hydrogens (tertiary/aromatic N) is 4. The summed E-state index contributed by atoms with van der Waals surface area (Å²) in [5.74, 6) is 1.39.